The summed E-state index contributed by atoms with van der Waals surface area (Å²) in [6, 6.07) is 14.6. The number of fused-ring (bicyclic) bond motifs is 1. The van der Waals surface area contributed by atoms with Gasteiger partial charge in [0.05, 0.1) is 0 Å². The fourth-order valence-electron chi connectivity index (χ4n) is 3.25. The second-order valence-electron chi connectivity index (χ2n) is 6.05. The van der Waals surface area contributed by atoms with Gasteiger partial charge in [0.15, 0.2) is 0 Å². The van der Waals surface area contributed by atoms with E-state index in [1.807, 2.05) is 46.3 Å². The Morgan fingerprint density at radius 1 is 1.12 bits per heavy atom. The van der Waals surface area contributed by atoms with Crippen molar-refractivity contribution in [3.63, 3.8) is 0 Å². The Kier molecular flexibility index (Phi) is 4.63. The van der Waals surface area contributed by atoms with E-state index in [1.54, 1.807) is 0 Å². The monoisotopic (exact) mass is 356 g/mol. The number of thiophene rings is 1. The molecule has 1 saturated heterocycles. The third kappa shape index (κ3) is 3.23. The largest absolute Gasteiger partial charge is 0.340 e. The third-order valence-electron chi connectivity index (χ3n) is 4.54. The van der Waals surface area contributed by atoms with E-state index in [-0.39, 0.29) is 5.91 Å². The number of hydrogen-bond acceptors (Lipinski definition) is 3. The predicted molar refractivity (Wildman–Crippen MR) is 103 cm³/mol. The lowest BCUT2D eigenvalue weighted by Gasteiger charge is -2.21. The number of para-hydroxylation sites is 1. The average Bonchev–Trinajstić information content (AvgIpc) is 3.20. The summed E-state index contributed by atoms with van der Waals surface area (Å²) in [5.74, 6) is 1.24. The first kappa shape index (κ1) is 15.8. The van der Waals surface area contributed by atoms with Gasteiger partial charge in [-0.3, -0.25) is 4.79 Å². The highest BCUT2D eigenvalue weighted by molar-refractivity contribution is 7.99. The molecule has 0 aliphatic carbocycles. The molecule has 124 valence electrons. The van der Waals surface area contributed by atoms with Gasteiger partial charge in [-0.25, -0.2) is 0 Å². The molecule has 3 nitrogen and oxygen atoms in total. The molecule has 2 aromatic heterocycles. The molecule has 0 radical (unpaired) electrons. The highest BCUT2D eigenvalue weighted by Crippen LogP contribution is 2.36. The van der Waals surface area contributed by atoms with Crippen molar-refractivity contribution >= 4 is 39.9 Å². The lowest BCUT2D eigenvalue weighted by atomic mass is 10.2. The van der Waals surface area contributed by atoms with Crippen LogP contribution in [0.3, 0.4) is 0 Å². The summed E-state index contributed by atoms with van der Waals surface area (Å²) in [6.07, 6.45) is 3.06. The summed E-state index contributed by atoms with van der Waals surface area (Å²) in [7, 11) is 0. The van der Waals surface area contributed by atoms with Gasteiger partial charge in [-0.1, -0.05) is 24.3 Å². The van der Waals surface area contributed by atoms with Gasteiger partial charge in [0.1, 0.15) is 6.54 Å². The summed E-state index contributed by atoms with van der Waals surface area (Å²) in [5, 5.41) is 3.87. The maximum atomic E-state index is 12.8. The van der Waals surface area contributed by atoms with Crippen molar-refractivity contribution in [1.29, 1.82) is 0 Å². The summed E-state index contributed by atoms with van der Waals surface area (Å²) < 4.78 is 2.06. The van der Waals surface area contributed by atoms with E-state index in [4.69, 9.17) is 0 Å². The zero-order chi connectivity index (χ0) is 16.4. The average molecular weight is 357 g/mol. The predicted octanol–water partition coefficient (Wildman–Crippen LogP) is 4.41. The van der Waals surface area contributed by atoms with E-state index in [2.05, 4.69) is 40.3 Å². The van der Waals surface area contributed by atoms with Gasteiger partial charge in [0.2, 0.25) is 5.91 Å². The Bertz CT molecular complexity index is 825. The maximum Gasteiger partial charge on any atom is 0.242 e. The van der Waals surface area contributed by atoms with Crippen LogP contribution in [0.5, 0.6) is 0 Å². The summed E-state index contributed by atoms with van der Waals surface area (Å²) in [4.78, 5) is 16.2. The Morgan fingerprint density at radius 3 is 2.92 bits per heavy atom. The van der Waals surface area contributed by atoms with Crippen LogP contribution in [-0.4, -0.2) is 34.2 Å². The standard InChI is InChI=1S/C19H20N2OS2/c22-19(14-21-9-7-15-4-1-2-5-16(15)21)20-10-8-18(24-13-11-20)17-6-3-12-23-17/h1-7,9,12,18H,8,10-11,13-14H2. The molecule has 1 fully saturated rings. The van der Waals surface area contributed by atoms with Crippen LogP contribution in [0.2, 0.25) is 0 Å². The quantitative estimate of drug-likeness (QED) is 0.694. The minimum atomic E-state index is 0.226. The molecule has 4 rings (SSSR count). The Morgan fingerprint density at radius 2 is 2.04 bits per heavy atom. The molecule has 24 heavy (non-hydrogen) atoms. The minimum Gasteiger partial charge on any atom is -0.340 e. The van der Waals surface area contributed by atoms with Crippen LogP contribution < -0.4 is 0 Å². The van der Waals surface area contributed by atoms with Gasteiger partial charge in [-0.05, 0) is 35.4 Å². The Labute approximate surface area is 150 Å². The topological polar surface area (TPSA) is 25.2 Å². The molecule has 1 unspecified atom stereocenters. The van der Waals surface area contributed by atoms with E-state index in [9.17, 15) is 4.79 Å². The van der Waals surface area contributed by atoms with Gasteiger partial charge in [0, 0.05) is 40.7 Å². The molecule has 0 bridgehead atoms. The second kappa shape index (κ2) is 7.03. The van der Waals surface area contributed by atoms with Crippen molar-refractivity contribution in [2.24, 2.45) is 0 Å². The summed E-state index contributed by atoms with van der Waals surface area (Å²) in [6.45, 7) is 2.14. The fraction of sp³-hybridized carbons (Fsp3) is 0.316. The number of hydrogen-bond donors (Lipinski definition) is 0. The first-order valence-electron chi connectivity index (χ1n) is 8.28. The first-order chi connectivity index (χ1) is 11.8. The fourth-order valence-corrected chi connectivity index (χ4v) is 5.48. The van der Waals surface area contributed by atoms with Crippen LogP contribution in [0.4, 0.5) is 0 Å². The zero-order valence-corrected chi connectivity index (χ0v) is 15.1. The van der Waals surface area contributed by atoms with Crippen molar-refractivity contribution in [2.45, 2.75) is 18.2 Å². The number of aromatic nitrogens is 1. The number of amides is 1. The number of carbonyl (C=O) groups excluding carboxylic acids is 1. The molecular weight excluding hydrogens is 336 g/mol. The number of nitrogens with zero attached hydrogens (tertiary/aromatic N) is 2. The maximum absolute atomic E-state index is 12.8. The van der Waals surface area contributed by atoms with Gasteiger partial charge in [0.25, 0.3) is 0 Å². The molecule has 3 heterocycles. The highest BCUT2D eigenvalue weighted by Gasteiger charge is 2.22. The van der Waals surface area contributed by atoms with Crippen molar-refractivity contribution < 1.29 is 4.79 Å². The van der Waals surface area contributed by atoms with Crippen LogP contribution in [0.25, 0.3) is 10.9 Å². The van der Waals surface area contributed by atoms with Crippen LogP contribution in [0.1, 0.15) is 16.5 Å². The molecule has 0 N–H and O–H groups in total. The molecule has 1 aliphatic rings. The van der Waals surface area contributed by atoms with E-state index in [1.165, 1.54) is 10.3 Å². The zero-order valence-electron chi connectivity index (χ0n) is 13.4. The smallest absolute Gasteiger partial charge is 0.242 e. The third-order valence-corrected chi connectivity index (χ3v) is 6.99. The first-order valence-corrected chi connectivity index (χ1v) is 10.2. The summed E-state index contributed by atoms with van der Waals surface area (Å²) >= 11 is 3.81. The van der Waals surface area contributed by atoms with E-state index < -0.39 is 0 Å². The van der Waals surface area contributed by atoms with Crippen LogP contribution in [0, 0.1) is 0 Å². The lowest BCUT2D eigenvalue weighted by molar-refractivity contribution is -0.131. The SMILES string of the molecule is O=C(Cn1ccc2ccccc21)N1CCSC(c2cccs2)CC1. The normalized spacial score (nSPS) is 18.7. The lowest BCUT2D eigenvalue weighted by Crippen LogP contribution is -2.35. The highest BCUT2D eigenvalue weighted by atomic mass is 32.2. The molecule has 0 saturated carbocycles. The van der Waals surface area contributed by atoms with Crippen molar-refractivity contribution in [3.05, 3.63) is 58.9 Å². The number of rotatable bonds is 3. The van der Waals surface area contributed by atoms with Crippen LogP contribution in [0.15, 0.2) is 54.0 Å². The minimum absolute atomic E-state index is 0.226. The molecule has 0 spiro atoms. The van der Waals surface area contributed by atoms with Gasteiger partial charge < -0.3 is 9.47 Å². The molecular formula is C19H20N2OS2. The summed E-state index contributed by atoms with van der Waals surface area (Å²) in [5.41, 5.74) is 1.13. The van der Waals surface area contributed by atoms with Crippen LogP contribution >= 0.6 is 23.1 Å². The Hall–Kier alpha value is -1.72. The molecule has 5 heteroatoms. The van der Waals surface area contributed by atoms with Crippen molar-refractivity contribution in [3.8, 4) is 0 Å². The molecule has 1 amide bonds. The Balaban J connectivity index is 1.43. The number of carbonyl (C=O) groups is 1. The molecule has 1 aliphatic heterocycles. The van der Waals surface area contributed by atoms with E-state index in [0.29, 0.717) is 11.8 Å². The van der Waals surface area contributed by atoms with Crippen LogP contribution in [-0.2, 0) is 11.3 Å². The van der Waals surface area contributed by atoms with Gasteiger partial charge >= 0.3 is 0 Å². The number of benzene rings is 1. The van der Waals surface area contributed by atoms with Crippen molar-refractivity contribution in [2.75, 3.05) is 18.8 Å². The molecule has 3 aromatic rings. The van der Waals surface area contributed by atoms with E-state index in [0.717, 1.165) is 30.8 Å². The molecule has 1 aromatic carbocycles. The van der Waals surface area contributed by atoms with Gasteiger partial charge in [-0.15, -0.1) is 11.3 Å². The number of thioether (sulfide) groups is 1. The van der Waals surface area contributed by atoms with E-state index >= 15 is 0 Å². The second-order valence-corrected chi connectivity index (χ2v) is 8.34. The van der Waals surface area contributed by atoms with Gasteiger partial charge in [-0.2, -0.15) is 11.8 Å². The van der Waals surface area contributed by atoms with Crippen molar-refractivity contribution in [1.82, 2.24) is 9.47 Å². The molecule has 1 atom stereocenters.